The summed E-state index contributed by atoms with van der Waals surface area (Å²) < 4.78 is 7.83. The number of anilines is 1. The van der Waals surface area contributed by atoms with Gasteiger partial charge in [-0.05, 0) is 50.6 Å². The highest BCUT2D eigenvalue weighted by Gasteiger charge is 2.26. The molecule has 0 N–H and O–H groups in total. The second-order valence-electron chi connectivity index (χ2n) is 7.02. The first-order chi connectivity index (χ1) is 14.7. The molecule has 0 radical (unpaired) electrons. The Morgan fingerprint density at radius 2 is 2.06 bits per heavy atom. The van der Waals surface area contributed by atoms with Crippen LogP contribution in [-0.4, -0.2) is 32.1 Å². The van der Waals surface area contributed by atoms with E-state index in [0.717, 1.165) is 27.7 Å². The van der Waals surface area contributed by atoms with E-state index in [1.54, 1.807) is 10.7 Å². The molecule has 3 aromatic heterocycles. The van der Waals surface area contributed by atoms with Crippen LogP contribution in [0.5, 0.6) is 0 Å². The Morgan fingerprint density at radius 3 is 2.71 bits per heavy atom. The van der Waals surface area contributed by atoms with E-state index in [1.165, 1.54) is 22.3 Å². The van der Waals surface area contributed by atoms with Crippen molar-refractivity contribution in [3.63, 3.8) is 0 Å². The zero-order valence-corrected chi connectivity index (χ0v) is 18.5. The van der Waals surface area contributed by atoms with Crippen molar-refractivity contribution >= 4 is 50.1 Å². The Kier molecular flexibility index (Phi) is 5.50. The number of halogens is 1. The first-order valence-corrected chi connectivity index (χ1v) is 10.6. The highest BCUT2D eigenvalue weighted by atomic mass is 35.5. The van der Waals surface area contributed by atoms with Crippen LogP contribution in [0.4, 0.5) is 11.0 Å². The molecule has 0 aliphatic heterocycles. The first-order valence-electron chi connectivity index (χ1n) is 9.37. The highest BCUT2D eigenvalue weighted by molar-refractivity contribution is 7.22. The molecular formula is C20H18ClN5O4S. The van der Waals surface area contributed by atoms with Crippen molar-refractivity contribution in [2.24, 2.45) is 0 Å². The summed E-state index contributed by atoms with van der Waals surface area (Å²) >= 11 is 7.56. The Morgan fingerprint density at radius 1 is 1.29 bits per heavy atom. The lowest BCUT2D eigenvalue weighted by atomic mass is 10.2. The normalized spacial score (nSPS) is 11.2. The van der Waals surface area contributed by atoms with Gasteiger partial charge < -0.3 is 4.42 Å². The molecule has 4 rings (SSSR count). The summed E-state index contributed by atoms with van der Waals surface area (Å²) in [4.78, 5) is 29.6. The van der Waals surface area contributed by atoms with Gasteiger partial charge in [0.15, 0.2) is 10.9 Å². The van der Waals surface area contributed by atoms with E-state index in [-0.39, 0.29) is 12.3 Å². The maximum atomic E-state index is 13.2. The van der Waals surface area contributed by atoms with Crippen molar-refractivity contribution in [2.75, 3.05) is 11.4 Å². The molecule has 0 aliphatic carbocycles. The molecule has 0 aliphatic rings. The van der Waals surface area contributed by atoms with Gasteiger partial charge in [-0.1, -0.05) is 22.9 Å². The summed E-state index contributed by atoms with van der Waals surface area (Å²) in [5.74, 6) is -1.14. The molecular weight excluding hydrogens is 442 g/mol. The lowest BCUT2D eigenvalue weighted by Crippen LogP contribution is -2.34. The van der Waals surface area contributed by atoms with Crippen molar-refractivity contribution in [1.82, 2.24) is 14.8 Å². The lowest BCUT2D eigenvalue weighted by molar-refractivity contribution is -0.402. The SMILES string of the molecule is Cc1cc(C)n(CCN(C(=O)c2ccc([N+](=O)[O-])o2)c2nc3c(C)c(Cl)ccc3s2)n1. The van der Waals surface area contributed by atoms with Gasteiger partial charge in [0.1, 0.15) is 4.92 Å². The minimum atomic E-state index is -0.681. The summed E-state index contributed by atoms with van der Waals surface area (Å²) in [6.07, 6.45) is 0. The molecule has 160 valence electrons. The number of aryl methyl sites for hydroxylation is 3. The van der Waals surface area contributed by atoms with E-state index in [2.05, 4.69) is 10.1 Å². The number of rotatable bonds is 6. The monoisotopic (exact) mass is 459 g/mol. The van der Waals surface area contributed by atoms with Gasteiger partial charge in [-0.2, -0.15) is 5.10 Å². The van der Waals surface area contributed by atoms with E-state index in [0.29, 0.717) is 22.2 Å². The molecule has 0 fully saturated rings. The smallest absolute Gasteiger partial charge is 0.395 e. The molecule has 0 atom stereocenters. The maximum Gasteiger partial charge on any atom is 0.433 e. The minimum absolute atomic E-state index is 0.130. The zero-order valence-electron chi connectivity index (χ0n) is 17.0. The van der Waals surface area contributed by atoms with Crippen LogP contribution in [0.15, 0.2) is 34.7 Å². The number of nitro groups is 1. The van der Waals surface area contributed by atoms with Crippen LogP contribution in [0.25, 0.3) is 10.2 Å². The van der Waals surface area contributed by atoms with Gasteiger partial charge in [-0.3, -0.25) is 24.5 Å². The van der Waals surface area contributed by atoms with E-state index in [9.17, 15) is 14.9 Å². The number of fused-ring (bicyclic) bond motifs is 1. The molecule has 1 amide bonds. The average Bonchev–Trinajstić information content (AvgIpc) is 3.44. The number of benzene rings is 1. The number of hydrogen-bond acceptors (Lipinski definition) is 7. The van der Waals surface area contributed by atoms with Crippen molar-refractivity contribution in [2.45, 2.75) is 27.3 Å². The topological polar surface area (TPSA) is 107 Å². The lowest BCUT2D eigenvalue weighted by Gasteiger charge is -2.19. The molecule has 11 heteroatoms. The second-order valence-corrected chi connectivity index (χ2v) is 8.43. The van der Waals surface area contributed by atoms with Crippen LogP contribution in [0, 0.1) is 30.9 Å². The molecule has 0 unspecified atom stereocenters. The van der Waals surface area contributed by atoms with Crippen LogP contribution in [0.3, 0.4) is 0 Å². The summed E-state index contributed by atoms with van der Waals surface area (Å²) in [7, 11) is 0. The standard InChI is InChI=1S/C20H18ClN5O4S/c1-11-10-12(2)25(23-11)9-8-24(19(27)15-5-7-17(30-15)26(28)29)20-22-18-13(3)14(21)4-6-16(18)31-20/h4-7,10H,8-9H2,1-3H3. The molecule has 31 heavy (non-hydrogen) atoms. The van der Waals surface area contributed by atoms with Gasteiger partial charge in [0.25, 0.3) is 5.91 Å². The summed E-state index contributed by atoms with van der Waals surface area (Å²) in [5, 5.41) is 16.4. The molecule has 4 aromatic rings. The van der Waals surface area contributed by atoms with Crippen molar-refractivity contribution in [3.8, 4) is 0 Å². The molecule has 1 aromatic carbocycles. The predicted molar refractivity (Wildman–Crippen MR) is 118 cm³/mol. The zero-order chi connectivity index (χ0) is 22.3. The molecule has 0 bridgehead atoms. The quantitative estimate of drug-likeness (QED) is 0.299. The largest absolute Gasteiger partial charge is 0.433 e. The fourth-order valence-corrected chi connectivity index (χ4v) is 4.46. The number of furan rings is 1. The first kappa shape index (κ1) is 21.0. The number of amides is 1. The Labute approximate surface area is 186 Å². The van der Waals surface area contributed by atoms with Gasteiger partial charge in [-0.15, -0.1) is 0 Å². The van der Waals surface area contributed by atoms with Crippen LogP contribution in [-0.2, 0) is 6.54 Å². The van der Waals surface area contributed by atoms with Gasteiger partial charge in [0.2, 0.25) is 0 Å². The van der Waals surface area contributed by atoms with Crippen LogP contribution >= 0.6 is 22.9 Å². The third kappa shape index (κ3) is 4.04. The number of nitrogens with zero attached hydrogens (tertiary/aromatic N) is 5. The Balaban J connectivity index is 1.72. The Hall–Kier alpha value is -3.24. The third-order valence-electron chi connectivity index (χ3n) is 4.83. The third-order valence-corrected chi connectivity index (χ3v) is 6.29. The fourth-order valence-electron chi connectivity index (χ4n) is 3.26. The van der Waals surface area contributed by atoms with Crippen LogP contribution in [0.2, 0.25) is 5.02 Å². The number of carbonyl (C=O) groups is 1. The number of thiazole rings is 1. The number of carbonyl (C=O) groups excluding carboxylic acids is 1. The van der Waals surface area contributed by atoms with Crippen LogP contribution < -0.4 is 4.90 Å². The van der Waals surface area contributed by atoms with Crippen molar-refractivity contribution < 1.29 is 14.1 Å². The van der Waals surface area contributed by atoms with Gasteiger partial charge in [0.05, 0.1) is 28.5 Å². The minimum Gasteiger partial charge on any atom is -0.395 e. The molecule has 0 spiro atoms. The number of hydrogen-bond donors (Lipinski definition) is 0. The van der Waals surface area contributed by atoms with Gasteiger partial charge in [-0.25, -0.2) is 4.98 Å². The molecule has 3 heterocycles. The summed E-state index contributed by atoms with van der Waals surface area (Å²) in [6, 6.07) is 8.05. The summed E-state index contributed by atoms with van der Waals surface area (Å²) in [5.41, 5.74) is 3.37. The fraction of sp³-hybridized carbons (Fsp3) is 0.250. The maximum absolute atomic E-state index is 13.2. The highest BCUT2D eigenvalue weighted by Crippen LogP contribution is 2.34. The predicted octanol–water partition coefficient (Wildman–Crippen LogP) is 4.92. The Bertz CT molecular complexity index is 1310. The average molecular weight is 460 g/mol. The van der Waals surface area contributed by atoms with Gasteiger partial charge in [0, 0.05) is 17.3 Å². The van der Waals surface area contributed by atoms with Crippen LogP contribution in [0.1, 0.15) is 27.5 Å². The summed E-state index contributed by atoms with van der Waals surface area (Å²) in [6.45, 7) is 6.37. The van der Waals surface area contributed by atoms with Crippen molar-refractivity contribution in [1.29, 1.82) is 0 Å². The molecule has 0 saturated carbocycles. The second kappa shape index (κ2) is 8.12. The van der Waals surface area contributed by atoms with Crippen molar-refractivity contribution in [3.05, 3.63) is 68.2 Å². The van der Waals surface area contributed by atoms with E-state index in [1.807, 2.05) is 32.9 Å². The van der Waals surface area contributed by atoms with E-state index in [4.69, 9.17) is 16.0 Å². The molecule has 9 nitrogen and oxygen atoms in total. The molecule has 0 saturated heterocycles. The van der Waals surface area contributed by atoms with Gasteiger partial charge >= 0.3 is 5.88 Å². The number of aromatic nitrogens is 3. The van der Waals surface area contributed by atoms with E-state index < -0.39 is 16.7 Å². The van der Waals surface area contributed by atoms with E-state index >= 15 is 0 Å².